The van der Waals surface area contributed by atoms with Crippen molar-refractivity contribution in [2.75, 3.05) is 25.0 Å². The SMILES string of the molecule is CN(c1nc2sc(-c3ncc(-c4cn[nH]c4)c4cc[nH]c34)nc2s1)C1CCNCC1. The topological polar surface area (TPSA) is 98.4 Å². The second-order valence-electron chi connectivity index (χ2n) is 7.49. The van der Waals surface area contributed by atoms with E-state index >= 15 is 0 Å². The summed E-state index contributed by atoms with van der Waals surface area (Å²) in [5, 5.41) is 13.4. The number of thiazole rings is 2. The maximum Gasteiger partial charge on any atom is 0.188 e. The molecule has 1 fully saturated rings. The molecule has 0 spiro atoms. The van der Waals surface area contributed by atoms with Gasteiger partial charge >= 0.3 is 0 Å². The van der Waals surface area contributed by atoms with E-state index in [1.165, 1.54) is 0 Å². The lowest BCUT2D eigenvalue weighted by Gasteiger charge is -2.31. The van der Waals surface area contributed by atoms with Crippen molar-refractivity contribution in [3.63, 3.8) is 0 Å². The van der Waals surface area contributed by atoms with Crippen molar-refractivity contribution < 1.29 is 0 Å². The number of aromatic amines is 2. The molecule has 0 saturated carbocycles. The number of fused-ring (bicyclic) bond motifs is 2. The van der Waals surface area contributed by atoms with Crippen molar-refractivity contribution in [1.82, 2.24) is 35.5 Å². The molecule has 0 bridgehead atoms. The highest BCUT2D eigenvalue weighted by molar-refractivity contribution is 7.29. The summed E-state index contributed by atoms with van der Waals surface area (Å²) < 4.78 is 0. The summed E-state index contributed by atoms with van der Waals surface area (Å²) in [6, 6.07) is 2.62. The van der Waals surface area contributed by atoms with E-state index in [0.29, 0.717) is 6.04 Å². The van der Waals surface area contributed by atoms with Crippen molar-refractivity contribution >= 4 is 48.4 Å². The van der Waals surface area contributed by atoms with E-state index in [9.17, 15) is 0 Å². The summed E-state index contributed by atoms with van der Waals surface area (Å²) in [6.07, 6.45) is 9.84. The van der Waals surface area contributed by atoms with Gasteiger partial charge in [-0.25, -0.2) is 9.97 Å². The second-order valence-corrected chi connectivity index (χ2v) is 9.43. The molecule has 0 aromatic carbocycles. The van der Waals surface area contributed by atoms with Crippen LogP contribution in [-0.4, -0.2) is 56.3 Å². The number of anilines is 1. The highest BCUT2D eigenvalue weighted by atomic mass is 32.1. The van der Waals surface area contributed by atoms with E-state index in [1.807, 2.05) is 24.8 Å². The minimum absolute atomic E-state index is 0.543. The molecule has 1 aliphatic rings. The second kappa shape index (κ2) is 7.15. The van der Waals surface area contributed by atoms with Crippen LogP contribution in [0.4, 0.5) is 5.13 Å². The summed E-state index contributed by atoms with van der Waals surface area (Å²) in [5.74, 6) is 0. The molecule has 6 rings (SSSR count). The molecule has 0 unspecified atom stereocenters. The zero-order chi connectivity index (χ0) is 20.1. The number of aromatic nitrogens is 6. The smallest absolute Gasteiger partial charge is 0.188 e. The first-order valence-electron chi connectivity index (χ1n) is 9.94. The minimum Gasteiger partial charge on any atom is -0.359 e. The van der Waals surface area contributed by atoms with Crippen molar-refractivity contribution in [2.24, 2.45) is 0 Å². The molecule has 10 heteroatoms. The summed E-state index contributed by atoms with van der Waals surface area (Å²) >= 11 is 3.27. The molecule has 0 atom stereocenters. The standard InChI is InChI=1S/C20H20N8S2/c1-28(12-2-5-21-6-3-12)20-27-19-18(30-20)26-17(29-19)16-15-13(4-7-22-15)14(10-23-16)11-8-24-25-9-11/h4,7-10,12,21-22H,2-3,5-6H2,1H3,(H,24,25). The molecule has 8 nitrogen and oxygen atoms in total. The first-order chi connectivity index (χ1) is 14.8. The number of piperidine rings is 1. The number of rotatable bonds is 4. The summed E-state index contributed by atoms with van der Waals surface area (Å²) in [6.45, 7) is 2.15. The third-order valence-electron chi connectivity index (χ3n) is 5.73. The van der Waals surface area contributed by atoms with Gasteiger partial charge in [-0.05, 0) is 32.0 Å². The molecule has 5 aromatic heterocycles. The monoisotopic (exact) mass is 436 g/mol. The molecule has 152 valence electrons. The van der Waals surface area contributed by atoms with E-state index in [2.05, 4.69) is 38.5 Å². The molecular weight excluding hydrogens is 416 g/mol. The van der Waals surface area contributed by atoms with Crippen LogP contribution in [0.15, 0.2) is 30.9 Å². The van der Waals surface area contributed by atoms with Crippen LogP contribution in [-0.2, 0) is 0 Å². The zero-order valence-electron chi connectivity index (χ0n) is 16.3. The predicted molar refractivity (Wildman–Crippen MR) is 122 cm³/mol. The number of nitrogens with zero attached hydrogens (tertiary/aromatic N) is 5. The molecule has 0 radical (unpaired) electrons. The Labute approximate surface area is 180 Å². The lowest BCUT2D eigenvalue weighted by atomic mass is 10.1. The fourth-order valence-corrected chi connectivity index (χ4v) is 6.15. The summed E-state index contributed by atoms with van der Waals surface area (Å²) in [4.78, 5) is 22.1. The number of H-pyrrole nitrogens is 2. The first-order valence-corrected chi connectivity index (χ1v) is 11.6. The molecule has 1 aliphatic heterocycles. The van der Waals surface area contributed by atoms with Gasteiger partial charge in [0.2, 0.25) is 0 Å². The van der Waals surface area contributed by atoms with E-state index < -0.39 is 0 Å². The number of hydrogen-bond acceptors (Lipinski definition) is 8. The quantitative estimate of drug-likeness (QED) is 0.396. The Morgan fingerprint density at radius 3 is 2.77 bits per heavy atom. The third-order valence-corrected chi connectivity index (χ3v) is 7.86. The Balaban J connectivity index is 1.36. The van der Waals surface area contributed by atoms with Crippen molar-refractivity contribution in [3.8, 4) is 21.8 Å². The molecule has 0 amide bonds. The average molecular weight is 437 g/mol. The van der Waals surface area contributed by atoms with E-state index in [0.717, 1.165) is 73.5 Å². The predicted octanol–water partition coefficient (Wildman–Crippen LogP) is 3.87. The van der Waals surface area contributed by atoms with Gasteiger partial charge in [0, 0.05) is 48.2 Å². The van der Waals surface area contributed by atoms with Crippen LogP contribution in [0.2, 0.25) is 0 Å². The number of hydrogen-bond donors (Lipinski definition) is 3. The Kier molecular flexibility index (Phi) is 4.29. The van der Waals surface area contributed by atoms with Crippen LogP contribution in [0, 0.1) is 0 Å². The van der Waals surface area contributed by atoms with Crippen LogP contribution in [0.3, 0.4) is 0 Å². The summed E-state index contributed by atoms with van der Waals surface area (Å²) in [5.41, 5.74) is 3.92. The first kappa shape index (κ1) is 18.0. The Morgan fingerprint density at radius 2 is 1.97 bits per heavy atom. The maximum absolute atomic E-state index is 4.89. The van der Waals surface area contributed by atoms with Crippen LogP contribution < -0.4 is 10.2 Å². The molecule has 3 N–H and O–H groups in total. The van der Waals surface area contributed by atoms with Crippen molar-refractivity contribution in [1.29, 1.82) is 0 Å². The van der Waals surface area contributed by atoms with E-state index in [-0.39, 0.29) is 0 Å². The molecule has 6 heterocycles. The van der Waals surface area contributed by atoms with Crippen molar-refractivity contribution in [3.05, 3.63) is 30.9 Å². The number of nitrogens with one attached hydrogen (secondary N) is 3. The fourth-order valence-electron chi connectivity index (χ4n) is 4.08. The van der Waals surface area contributed by atoms with Crippen LogP contribution in [0.25, 0.3) is 42.4 Å². The van der Waals surface area contributed by atoms with Gasteiger partial charge in [-0.3, -0.25) is 10.1 Å². The van der Waals surface area contributed by atoms with Gasteiger partial charge < -0.3 is 15.2 Å². The highest BCUT2D eigenvalue weighted by Gasteiger charge is 2.23. The minimum atomic E-state index is 0.543. The van der Waals surface area contributed by atoms with Gasteiger partial charge in [-0.1, -0.05) is 22.7 Å². The highest BCUT2D eigenvalue weighted by Crippen LogP contribution is 2.39. The van der Waals surface area contributed by atoms with Crippen LogP contribution in [0.1, 0.15) is 12.8 Å². The molecule has 30 heavy (non-hydrogen) atoms. The van der Waals surface area contributed by atoms with E-state index in [1.54, 1.807) is 22.7 Å². The Morgan fingerprint density at radius 1 is 1.10 bits per heavy atom. The van der Waals surface area contributed by atoms with Gasteiger partial charge in [0.1, 0.15) is 10.7 Å². The lowest BCUT2D eigenvalue weighted by molar-refractivity contribution is 0.443. The lowest BCUT2D eigenvalue weighted by Crippen LogP contribution is -2.41. The maximum atomic E-state index is 4.89. The number of pyridine rings is 1. The summed E-state index contributed by atoms with van der Waals surface area (Å²) in [7, 11) is 2.15. The zero-order valence-corrected chi connectivity index (χ0v) is 18.0. The Hall–Kier alpha value is -2.82. The Bertz CT molecular complexity index is 1280. The fraction of sp³-hybridized carbons (Fsp3) is 0.300. The molecule has 1 saturated heterocycles. The molecular formula is C20H20N8S2. The van der Waals surface area contributed by atoms with Gasteiger partial charge in [0.25, 0.3) is 0 Å². The van der Waals surface area contributed by atoms with Gasteiger partial charge in [0.15, 0.2) is 14.8 Å². The van der Waals surface area contributed by atoms with Crippen LogP contribution in [0.5, 0.6) is 0 Å². The van der Waals surface area contributed by atoms with Gasteiger partial charge in [-0.2, -0.15) is 5.10 Å². The van der Waals surface area contributed by atoms with Crippen LogP contribution >= 0.6 is 22.7 Å². The normalized spacial score (nSPS) is 15.4. The molecule has 0 aliphatic carbocycles. The molecule has 5 aromatic rings. The van der Waals surface area contributed by atoms with Gasteiger partial charge in [-0.15, -0.1) is 0 Å². The van der Waals surface area contributed by atoms with Crippen molar-refractivity contribution in [2.45, 2.75) is 18.9 Å². The third kappa shape index (κ3) is 2.91. The van der Waals surface area contributed by atoms with E-state index in [4.69, 9.17) is 15.0 Å². The average Bonchev–Trinajstić information content (AvgIpc) is 3.56. The van der Waals surface area contributed by atoms with Gasteiger partial charge in [0.05, 0.1) is 11.7 Å². The largest absolute Gasteiger partial charge is 0.359 e.